The molecular formula is C21H30IN3O2. The van der Waals surface area contributed by atoms with Gasteiger partial charge in [-0.25, -0.2) is 0 Å². The Morgan fingerprint density at radius 2 is 1.81 bits per heavy atom. The van der Waals surface area contributed by atoms with Crippen molar-refractivity contribution in [1.29, 1.82) is 0 Å². The molecule has 1 atom stereocenters. The molecule has 0 radical (unpaired) electrons. The number of nitrogens with zero attached hydrogens (tertiary/aromatic N) is 1. The minimum atomic E-state index is 0. The maximum atomic E-state index is 9.19. The summed E-state index contributed by atoms with van der Waals surface area (Å²) >= 11 is 0. The molecule has 0 aliphatic heterocycles. The Morgan fingerprint density at radius 3 is 2.48 bits per heavy atom. The number of para-hydroxylation sites is 1. The molecule has 0 heterocycles. The molecule has 0 spiro atoms. The Balaban J connectivity index is 0.00000364. The van der Waals surface area contributed by atoms with Crippen LogP contribution in [0.5, 0.6) is 11.5 Å². The first-order valence-electron chi connectivity index (χ1n) is 9.07. The number of benzene rings is 2. The third-order valence-electron chi connectivity index (χ3n) is 3.95. The van der Waals surface area contributed by atoms with Crippen molar-refractivity contribution < 1.29 is 9.84 Å². The van der Waals surface area contributed by atoms with Crippen LogP contribution in [0.25, 0.3) is 0 Å². The van der Waals surface area contributed by atoms with E-state index in [0.717, 1.165) is 30.0 Å². The third kappa shape index (κ3) is 9.10. The van der Waals surface area contributed by atoms with E-state index in [1.165, 1.54) is 0 Å². The zero-order valence-electron chi connectivity index (χ0n) is 16.0. The van der Waals surface area contributed by atoms with E-state index in [1.807, 2.05) is 54.6 Å². The van der Waals surface area contributed by atoms with Crippen LogP contribution in [0.3, 0.4) is 0 Å². The summed E-state index contributed by atoms with van der Waals surface area (Å²) in [6.45, 7) is 5.14. The first-order chi connectivity index (χ1) is 12.6. The van der Waals surface area contributed by atoms with Gasteiger partial charge in [0.1, 0.15) is 11.5 Å². The van der Waals surface area contributed by atoms with E-state index < -0.39 is 0 Å². The van der Waals surface area contributed by atoms with Gasteiger partial charge < -0.3 is 20.9 Å². The van der Waals surface area contributed by atoms with Gasteiger partial charge in [0.05, 0.1) is 0 Å². The van der Waals surface area contributed by atoms with Crippen molar-refractivity contribution >= 4 is 35.6 Å². The summed E-state index contributed by atoms with van der Waals surface area (Å²) in [6.07, 6.45) is 1.77. The number of ether oxygens (including phenoxy) is 1. The first kappa shape index (κ1) is 23.2. The Kier molecular flexibility index (Phi) is 10.8. The number of aliphatic hydroxyl groups is 1. The van der Waals surface area contributed by atoms with E-state index in [-0.39, 0.29) is 30.6 Å². The molecule has 0 saturated carbocycles. The molecule has 4 N–H and O–H groups in total. The highest BCUT2D eigenvalue weighted by Crippen LogP contribution is 2.23. The molecule has 27 heavy (non-hydrogen) atoms. The van der Waals surface area contributed by atoms with Crippen LogP contribution in [0.1, 0.15) is 26.7 Å². The van der Waals surface area contributed by atoms with Crippen molar-refractivity contribution in [3.8, 4) is 11.5 Å². The zero-order chi connectivity index (χ0) is 18.8. The highest BCUT2D eigenvalue weighted by molar-refractivity contribution is 14.0. The van der Waals surface area contributed by atoms with Gasteiger partial charge in [-0.3, -0.25) is 4.99 Å². The Bertz CT molecular complexity index is 693. The molecule has 6 heteroatoms. The van der Waals surface area contributed by atoms with Crippen LogP contribution in [0.4, 0.5) is 5.69 Å². The van der Waals surface area contributed by atoms with E-state index in [4.69, 9.17) is 10.5 Å². The smallest absolute Gasteiger partial charge is 0.193 e. The molecule has 148 valence electrons. The summed E-state index contributed by atoms with van der Waals surface area (Å²) in [5, 5.41) is 12.3. The lowest BCUT2D eigenvalue weighted by Gasteiger charge is -2.16. The van der Waals surface area contributed by atoms with Crippen LogP contribution >= 0.6 is 24.0 Å². The summed E-state index contributed by atoms with van der Waals surface area (Å²) in [5.74, 6) is 2.79. The topological polar surface area (TPSA) is 79.9 Å². The summed E-state index contributed by atoms with van der Waals surface area (Å²) in [6, 6.07) is 17.2. The molecule has 5 nitrogen and oxygen atoms in total. The quantitative estimate of drug-likeness (QED) is 0.270. The van der Waals surface area contributed by atoms with Crippen molar-refractivity contribution in [3.05, 3.63) is 54.6 Å². The summed E-state index contributed by atoms with van der Waals surface area (Å²) in [5.41, 5.74) is 6.84. The number of halogens is 1. The molecule has 0 fully saturated rings. The van der Waals surface area contributed by atoms with Gasteiger partial charge in [-0.05, 0) is 48.9 Å². The fourth-order valence-electron chi connectivity index (χ4n) is 2.81. The molecule has 2 aromatic rings. The van der Waals surface area contributed by atoms with E-state index in [2.05, 4.69) is 24.2 Å². The van der Waals surface area contributed by atoms with Crippen LogP contribution in [-0.2, 0) is 0 Å². The molecule has 0 amide bonds. The standard InChI is InChI=1S/C21H29N3O2.HI/c1-16(2)13-17(11-12-25)15-23-21(22)24-18-7-6-10-20(14-18)26-19-8-4-3-5-9-19;/h3-10,14,16-17,25H,11-13,15H2,1-2H3,(H3,22,23,24);1H. The largest absolute Gasteiger partial charge is 0.457 e. The van der Waals surface area contributed by atoms with Gasteiger partial charge in [-0.1, -0.05) is 38.1 Å². The molecule has 0 aromatic heterocycles. The maximum absolute atomic E-state index is 9.19. The van der Waals surface area contributed by atoms with Crippen LogP contribution in [0, 0.1) is 11.8 Å². The fourth-order valence-corrected chi connectivity index (χ4v) is 2.81. The second-order valence-electron chi connectivity index (χ2n) is 6.80. The van der Waals surface area contributed by atoms with Gasteiger partial charge >= 0.3 is 0 Å². The Labute approximate surface area is 179 Å². The molecular weight excluding hydrogens is 453 g/mol. The van der Waals surface area contributed by atoms with Crippen molar-refractivity contribution in [2.75, 3.05) is 18.5 Å². The molecule has 1 unspecified atom stereocenters. The lowest BCUT2D eigenvalue weighted by Crippen LogP contribution is -2.24. The number of hydrogen-bond donors (Lipinski definition) is 3. The molecule has 0 bridgehead atoms. The Hall–Kier alpha value is -1.80. The summed E-state index contributed by atoms with van der Waals surface area (Å²) in [7, 11) is 0. The highest BCUT2D eigenvalue weighted by atomic mass is 127. The molecule has 0 aliphatic carbocycles. The SMILES string of the molecule is CC(C)CC(CCO)CN=C(N)Nc1cccc(Oc2ccccc2)c1.I. The van der Waals surface area contributed by atoms with Gasteiger partial charge in [0.15, 0.2) is 5.96 Å². The average molecular weight is 483 g/mol. The predicted molar refractivity (Wildman–Crippen MR) is 123 cm³/mol. The van der Waals surface area contributed by atoms with E-state index in [9.17, 15) is 5.11 Å². The van der Waals surface area contributed by atoms with Crippen LogP contribution in [0.15, 0.2) is 59.6 Å². The molecule has 0 aliphatic rings. The van der Waals surface area contributed by atoms with Crippen LogP contribution in [-0.4, -0.2) is 24.2 Å². The number of aliphatic hydroxyl groups excluding tert-OH is 1. The van der Waals surface area contributed by atoms with Crippen LogP contribution in [0.2, 0.25) is 0 Å². The normalized spacial score (nSPS) is 12.4. The van der Waals surface area contributed by atoms with Gasteiger partial charge in [0, 0.05) is 24.9 Å². The van der Waals surface area contributed by atoms with E-state index in [0.29, 0.717) is 24.3 Å². The molecule has 0 saturated heterocycles. The van der Waals surface area contributed by atoms with Gasteiger partial charge in [0.2, 0.25) is 0 Å². The third-order valence-corrected chi connectivity index (χ3v) is 3.95. The second-order valence-corrected chi connectivity index (χ2v) is 6.80. The number of nitrogens with two attached hydrogens (primary N) is 1. The van der Waals surface area contributed by atoms with E-state index >= 15 is 0 Å². The number of aliphatic imine (C=N–C) groups is 1. The minimum absolute atomic E-state index is 0. The summed E-state index contributed by atoms with van der Waals surface area (Å²) in [4.78, 5) is 4.44. The zero-order valence-corrected chi connectivity index (χ0v) is 18.3. The van der Waals surface area contributed by atoms with Crippen molar-refractivity contribution in [2.45, 2.75) is 26.7 Å². The van der Waals surface area contributed by atoms with Crippen molar-refractivity contribution in [2.24, 2.45) is 22.6 Å². The number of rotatable bonds is 9. The molecule has 2 rings (SSSR count). The van der Waals surface area contributed by atoms with Crippen molar-refractivity contribution in [1.82, 2.24) is 0 Å². The lowest BCUT2D eigenvalue weighted by molar-refractivity contribution is 0.246. The molecule has 2 aromatic carbocycles. The summed E-state index contributed by atoms with van der Waals surface area (Å²) < 4.78 is 5.83. The number of nitrogens with one attached hydrogen (secondary N) is 1. The van der Waals surface area contributed by atoms with Gasteiger partial charge in [-0.15, -0.1) is 24.0 Å². The van der Waals surface area contributed by atoms with Gasteiger partial charge in [0.25, 0.3) is 0 Å². The minimum Gasteiger partial charge on any atom is -0.457 e. The predicted octanol–water partition coefficient (Wildman–Crippen LogP) is 4.87. The fraction of sp³-hybridized carbons (Fsp3) is 0.381. The van der Waals surface area contributed by atoms with Crippen molar-refractivity contribution in [3.63, 3.8) is 0 Å². The number of guanidine groups is 1. The first-order valence-corrected chi connectivity index (χ1v) is 9.07. The Morgan fingerprint density at radius 1 is 1.11 bits per heavy atom. The average Bonchev–Trinajstić information content (AvgIpc) is 2.61. The number of anilines is 1. The van der Waals surface area contributed by atoms with Gasteiger partial charge in [-0.2, -0.15) is 0 Å². The maximum Gasteiger partial charge on any atom is 0.193 e. The van der Waals surface area contributed by atoms with Crippen LogP contribution < -0.4 is 15.8 Å². The highest BCUT2D eigenvalue weighted by Gasteiger charge is 2.10. The monoisotopic (exact) mass is 483 g/mol. The van der Waals surface area contributed by atoms with E-state index in [1.54, 1.807) is 0 Å². The second kappa shape index (κ2) is 12.6. The lowest BCUT2D eigenvalue weighted by atomic mass is 9.94. The number of hydrogen-bond acceptors (Lipinski definition) is 3.